The first-order chi connectivity index (χ1) is 14.3. The fourth-order valence-electron chi connectivity index (χ4n) is 8.64. The summed E-state index contributed by atoms with van der Waals surface area (Å²) < 4.78 is 0. The zero-order chi connectivity index (χ0) is 21.9. The van der Waals surface area contributed by atoms with E-state index < -0.39 is 0 Å². The predicted octanol–water partition coefficient (Wildman–Crippen LogP) is 7.57. The summed E-state index contributed by atoms with van der Waals surface area (Å²) in [4.78, 5) is 11.8. The van der Waals surface area contributed by atoms with Crippen molar-refractivity contribution >= 4 is 0 Å². The molecule has 2 N–H and O–H groups in total. The highest BCUT2D eigenvalue weighted by Gasteiger charge is 2.60. The Hall–Kier alpha value is -0.440. The highest BCUT2D eigenvalue weighted by atomic mass is 16.3. The lowest BCUT2D eigenvalue weighted by molar-refractivity contribution is -0.0859. The van der Waals surface area contributed by atoms with E-state index in [2.05, 4.69) is 39.8 Å². The fourth-order valence-corrected chi connectivity index (χ4v) is 8.64. The molecule has 3 saturated carbocycles. The van der Waals surface area contributed by atoms with E-state index in [0.29, 0.717) is 11.3 Å². The van der Waals surface area contributed by atoms with Crippen molar-refractivity contribution in [1.29, 1.82) is 0 Å². The fraction of sp³-hybridized carbons (Fsp3) is 1.00. The Bertz CT molecular complexity index is 563. The highest BCUT2D eigenvalue weighted by molar-refractivity contribution is 5.10. The monoisotopic (exact) mass is 418 g/mol. The summed E-state index contributed by atoms with van der Waals surface area (Å²) in [6.45, 7) is 13.1. The van der Waals surface area contributed by atoms with Crippen LogP contribution >= 0.6 is 0 Å². The number of fused-ring (bicyclic) bond motifs is 3. The molecule has 30 heavy (non-hydrogen) atoms. The normalized spacial score (nSPS) is 42.0. The molecule has 0 heterocycles. The van der Waals surface area contributed by atoms with Gasteiger partial charge < -0.3 is 5.73 Å². The molecule has 0 aliphatic heterocycles. The Labute approximate surface area is 186 Å². The van der Waals surface area contributed by atoms with Crippen molar-refractivity contribution in [3.63, 3.8) is 0 Å². The number of nitrogens with two attached hydrogens (primary N) is 1. The van der Waals surface area contributed by atoms with Gasteiger partial charge >= 0.3 is 0 Å². The van der Waals surface area contributed by atoms with Crippen LogP contribution in [0.25, 0.3) is 0 Å². The van der Waals surface area contributed by atoms with Crippen molar-refractivity contribution in [2.24, 2.45) is 57.2 Å². The third-order valence-electron chi connectivity index (χ3n) is 10.3. The molecule has 0 spiro atoms. The van der Waals surface area contributed by atoms with Crippen LogP contribution in [0.5, 0.6) is 0 Å². The van der Waals surface area contributed by atoms with Gasteiger partial charge in [0.2, 0.25) is 0 Å². The zero-order valence-electron chi connectivity index (χ0n) is 20.7. The molecule has 1 unspecified atom stereocenters. The lowest BCUT2D eigenvalue weighted by Gasteiger charge is -2.58. The van der Waals surface area contributed by atoms with Crippen LogP contribution < -0.4 is 5.73 Å². The molecule has 0 aromatic rings. The van der Waals surface area contributed by atoms with E-state index in [0.717, 1.165) is 61.8 Å². The number of nitroso groups, excluding NO2 is 1. The molecule has 174 valence electrons. The van der Waals surface area contributed by atoms with Gasteiger partial charge in [-0.1, -0.05) is 65.5 Å². The maximum atomic E-state index is 11.8. The lowest BCUT2D eigenvalue weighted by atomic mass is 9.47. The Morgan fingerprint density at radius 1 is 0.933 bits per heavy atom. The van der Waals surface area contributed by atoms with Gasteiger partial charge in [-0.25, -0.2) is 0 Å². The van der Waals surface area contributed by atoms with Crippen LogP contribution in [0.15, 0.2) is 5.18 Å². The Kier molecular flexibility index (Phi) is 8.07. The third-order valence-corrected chi connectivity index (χ3v) is 10.3. The van der Waals surface area contributed by atoms with Crippen molar-refractivity contribution in [3.05, 3.63) is 4.91 Å². The molecule has 3 rings (SSSR count). The highest BCUT2D eigenvalue weighted by Crippen LogP contribution is 2.66. The molecule has 0 saturated heterocycles. The second kappa shape index (κ2) is 10.0. The minimum atomic E-state index is 0.0213. The van der Waals surface area contributed by atoms with Crippen LogP contribution in [0.1, 0.15) is 112 Å². The average molecular weight is 419 g/mol. The molecule has 0 bridgehead atoms. The molecule has 3 nitrogen and oxygen atoms in total. The molecule has 3 heteroatoms. The van der Waals surface area contributed by atoms with Crippen molar-refractivity contribution in [1.82, 2.24) is 0 Å². The zero-order valence-corrected chi connectivity index (χ0v) is 20.7. The molecule has 8 atom stereocenters. The molecule has 0 aromatic carbocycles. The summed E-state index contributed by atoms with van der Waals surface area (Å²) in [7, 11) is 0. The van der Waals surface area contributed by atoms with Gasteiger partial charge in [-0.15, -0.1) is 0 Å². The molecular formula is C27H50N2O. The molecule has 0 aromatic heterocycles. The smallest absolute Gasteiger partial charge is 0.0975 e. The average Bonchev–Trinajstić information content (AvgIpc) is 3.05. The van der Waals surface area contributed by atoms with Gasteiger partial charge in [0, 0.05) is 0 Å². The van der Waals surface area contributed by atoms with E-state index in [-0.39, 0.29) is 11.5 Å². The topological polar surface area (TPSA) is 55.5 Å². The van der Waals surface area contributed by atoms with Crippen molar-refractivity contribution in [2.45, 2.75) is 118 Å². The molecule has 3 aliphatic carbocycles. The van der Waals surface area contributed by atoms with Crippen LogP contribution in [0.4, 0.5) is 0 Å². The Balaban J connectivity index is 1.72. The minimum absolute atomic E-state index is 0.0213. The van der Waals surface area contributed by atoms with E-state index in [1.54, 1.807) is 0 Å². The van der Waals surface area contributed by atoms with E-state index in [9.17, 15) is 4.91 Å². The van der Waals surface area contributed by atoms with Gasteiger partial charge in [0.1, 0.15) is 0 Å². The van der Waals surface area contributed by atoms with Crippen LogP contribution in [-0.2, 0) is 0 Å². The third kappa shape index (κ3) is 4.52. The first kappa shape index (κ1) is 24.2. The predicted molar refractivity (Wildman–Crippen MR) is 128 cm³/mol. The van der Waals surface area contributed by atoms with Crippen LogP contribution in [0.3, 0.4) is 0 Å². The summed E-state index contributed by atoms with van der Waals surface area (Å²) in [5.74, 6) is 4.98. The van der Waals surface area contributed by atoms with Crippen LogP contribution in [0.2, 0.25) is 0 Å². The number of nitrogens with zero attached hydrogens (tertiary/aromatic N) is 1. The summed E-state index contributed by atoms with van der Waals surface area (Å²) in [5, 5.41) is 3.68. The number of rotatable bonds is 10. The lowest BCUT2D eigenvalue weighted by Crippen LogP contribution is -2.53. The first-order valence-corrected chi connectivity index (χ1v) is 13.3. The number of hydrogen-bond acceptors (Lipinski definition) is 3. The quantitative estimate of drug-likeness (QED) is 0.294. The SMILES string of the molecule is CC(C)CCC[C@@H](C)[C@H]1CC[C@H]2[C@@H]3CCC(N=O)[C@](C)(CCCCN)[C@H]3CC[C@]12C. The van der Waals surface area contributed by atoms with E-state index in [1.165, 1.54) is 51.4 Å². The van der Waals surface area contributed by atoms with Crippen molar-refractivity contribution in [2.75, 3.05) is 6.54 Å². The van der Waals surface area contributed by atoms with Crippen LogP contribution in [0, 0.1) is 51.2 Å². The first-order valence-electron chi connectivity index (χ1n) is 13.3. The molecule has 0 radical (unpaired) electrons. The maximum Gasteiger partial charge on any atom is 0.0975 e. The van der Waals surface area contributed by atoms with Gasteiger partial charge in [0.05, 0.1) is 6.04 Å². The molecular weight excluding hydrogens is 368 g/mol. The maximum absolute atomic E-state index is 11.8. The van der Waals surface area contributed by atoms with Crippen LogP contribution in [-0.4, -0.2) is 12.6 Å². The Morgan fingerprint density at radius 3 is 2.37 bits per heavy atom. The Morgan fingerprint density at radius 2 is 1.70 bits per heavy atom. The molecule has 3 fully saturated rings. The van der Waals surface area contributed by atoms with E-state index >= 15 is 0 Å². The largest absolute Gasteiger partial charge is 0.330 e. The van der Waals surface area contributed by atoms with Gasteiger partial charge in [-0.3, -0.25) is 0 Å². The second-order valence-corrected chi connectivity index (χ2v) is 12.4. The van der Waals surface area contributed by atoms with Gasteiger partial charge in [0.25, 0.3) is 0 Å². The summed E-state index contributed by atoms with van der Waals surface area (Å²) in [6, 6.07) is 0.0213. The van der Waals surface area contributed by atoms with Gasteiger partial charge in [-0.05, 0) is 104 Å². The second-order valence-electron chi connectivity index (χ2n) is 12.4. The van der Waals surface area contributed by atoms with Crippen molar-refractivity contribution < 1.29 is 0 Å². The minimum Gasteiger partial charge on any atom is -0.330 e. The summed E-state index contributed by atoms with van der Waals surface area (Å²) in [6.07, 6.45) is 15.4. The van der Waals surface area contributed by atoms with Crippen molar-refractivity contribution in [3.8, 4) is 0 Å². The summed E-state index contributed by atoms with van der Waals surface area (Å²) in [5.41, 5.74) is 6.41. The van der Waals surface area contributed by atoms with E-state index in [1.807, 2.05) is 0 Å². The molecule has 3 aliphatic rings. The van der Waals surface area contributed by atoms with Gasteiger partial charge in [0.15, 0.2) is 0 Å². The standard InChI is InChI=1S/C27H50N2O/c1-19(2)9-8-10-20(3)22-12-13-23-21-11-14-25(29-30)27(5,16-6-7-18-28)24(21)15-17-26(22,23)4/h19-25H,6-18,28H2,1-5H3/t20-,21+,22-,23+,24+,25?,26-,27-/m1/s1. The number of hydrogen-bond donors (Lipinski definition) is 1. The van der Waals surface area contributed by atoms with Gasteiger partial charge in [-0.2, -0.15) is 4.91 Å². The van der Waals surface area contributed by atoms with E-state index in [4.69, 9.17) is 5.73 Å². The molecule has 0 amide bonds. The summed E-state index contributed by atoms with van der Waals surface area (Å²) >= 11 is 0. The number of unbranched alkanes of at least 4 members (excludes halogenated alkanes) is 1.